The standard InChI is InChI=1S/C13H17NO4/c1-13(2,18)10(12(16)17)8-14-11(15)9-6-4-3-5-7-9/h3-7,10,18H,8H2,1-2H3,(H,14,15)(H,16,17)/t10-/m1/s1. The molecule has 5 nitrogen and oxygen atoms in total. The van der Waals surface area contributed by atoms with Crippen molar-refractivity contribution in [2.75, 3.05) is 6.54 Å². The number of carbonyl (C=O) groups is 2. The molecule has 0 saturated carbocycles. The zero-order chi connectivity index (χ0) is 13.8. The van der Waals surface area contributed by atoms with Crippen molar-refractivity contribution >= 4 is 11.9 Å². The number of carbonyl (C=O) groups excluding carboxylic acids is 1. The van der Waals surface area contributed by atoms with Gasteiger partial charge in [-0.2, -0.15) is 0 Å². The van der Waals surface area contributed by atoms with Gasteiger partial charge in [-0.25, -0.2) is 0 Å². The third-order valence-corrected chi connectivity index (χ3v) is 2.65. The van der Waals surface area contributed by atoms with Gasteiger partial charge in [0, 0.05) is 12.1 Å². The van der Waals surface area contributed by atoms with Gasteiger partial charge in [0.1, 0.15) is 5.92 Å². The van der Waals surface area contributed by atoms with Crippen LogP contribution in [0.3, 0.4) is 0 Å². The summed E-state index contributed by atoms with van der Waals surface area (Å²) in [4.78, 5) is 22.7. The molecule has 3 N–H and O–H groups in total. The molecule has 0 aromatic heterocycles. The summed E-state index contributed by atoms with van der Waals surface area (Å²) >= 11 is 0. The van der Waals surface area contributed by atoms with E-state index in [9.17, 15) is 14.7 Å². The number of aliphatic carboxylic acids is 1. The van der Waals surface area contributed by atoms with E-state index >= 15 is 0 Å². The third-order valence-electron chi connectivity index (χ3n) is 2.65. The predicted molar refractivity (Wildman–Crippen MR) is 66.2 cm³/mol. The van der Waals surface area contributed by atoms with Crippen LogP contribution >= 0.6 is 0 Å². The second-order valence-electron chi connectivity index (χ2n) is 4.62. The van der Waals surface area contributed by atoms with Crippen molar-refractivity contribution in [2.45, 2.75) is 19.4 Å². The molecular weight excluding hydrogens is 234 g/mol. The Morgan fingerprint density at radius 2 is 1.83 bits per heavy atom. The smallest absolute Gasteiger partial charge is 0.311 e. The van der Waals surface area contributed by atoms with E-state index in [4.69, 9.17) is 5.11 Å². The van der Waals surface area contributed by atoms with Crippen molar-refractivity contribution in [3.05, 3.63) is 35.9 Å². The van der Waals surface area contributed by atoms with E-state index in [1.807, 2.05) is 0 Å². The fraction of sp³-hybridized carbons (Fsp3) is 0.385. The highest BCUT2D eigenvalue weighted by molar-refractivity contribution is 5.94. The highest BCUT2D eigenvalue weighted by Crippen LogP contribution is 2.16. The van der Waals surface area contributed by atoms with Gasteiger partial charge in [0.15, 0.2) is 0 Å². The van der Waals surface area contributed by atoms with Gasteiger partial charge in [-0.3, -0.25) is 9.59 Å². The minimum absolute atomic E-state index is 0.118. The minimum Gasteiger partial charge on any atom is -0.481 e. The van der Waals surface area contributed by atoms with Gasteiger partial charge in [-0.05, 0) is 26.0 Å². The molecule has 1 aromatic rings. The van der Waals surface area contributed by atoms with Crippen LogP contribution in [0.5, 0.6) is 0 Å². The minimum atomic E-state index is -1.39. The molecule has 0 saturated heterocycles. The summed E-state index contributed by atoms with van der Waals surface area (Å²) in [5, 5.41) is 21.2. The average Bonchev–Trinajstić information content (AvgIpc) is 2.28. The van der Waals surface area contributed by atoms with Gasteiger partial charge in [-0.15, -0.1) is 0 Å². The molecule has 1 atom stereocenters. The molecule has 1 amide bonds. The number of carboxylic acids is 1. The molecule has 0 aliphatic rings. The number of nitrogens with one attached hydrogen (secondary N) is 1. The van der Waals surface area contributed by atoms with Gasteiger partial charge in [0.2, 0.25) is 0 Å². The Hall–Kier alpha value is -1.88. The number of carboxylic acid groups (broad SMARTS) is 1. The van der Waals surface area contributed by atoms with E-state index in [-0.39, 0.29) is 12.5 Å². The van der Waals surface area contributed by atoms with Crippen molar-refractivity contribution in [2.24, 2.45) is 5.92 Å². The Bertz CT molecular complexity index is 422. The van der Waals surface area contributed by atoms with Crippen molar-refractivity contribution in [3.8, 4) is 0 Å². The highest BCUT2D eigenvalue weighted by atomic mass is 16.4. The van der Waals surface area contributed by atoms with Crippen molar-refractivity contribution < 1.29 is 19.8 Å². The van der Waals surface area contributed by atoms with Gasteiger partial charge in [0.25, 0.3) is 5.91 Å². The maximum atomic E-state index is 11.7. The normalized spacial score (nSPS) is 12.8. The zero-order valence-corrected chi connectivity index (χ0v) is 10.4. The number of hydrogen-bond acceptors (Lipinski definition) is 3. The van der Waals surface area contributed by atoms with Gasteiger partial charge >= 0.3 is 5.97 Å². The van der Waals surface area contributed by atoms with E-state index in [0.29, 0.717) is 5.56 Å². The monoisotopic (exact) mass is 251 g/mol. The summed E-state index contributed by atoms with van der Waals surface area (Å²) in [5.41, 5.74) is -0.937. The lowest BCUT2D eigenvalue weighted by atomic mass is 9.91. The number of amides is 1. The topological polar surface area (TPSA) is 86.6 Å². The second-order valence-corrected chi connectivity index (χ2v) is 4.62. The molecular formula is C13H17NO4. The van der Waals surface area contributed by atoms with E-state index in [2.05, 4.69) is 5.32 Å². The summed E-state index contributed by atoms with van der Waals surface area (Å²) in [6.45, 7) is 2.69. The van der Waals surface area contributed by atoms with E-state index in [1.165, 1.54) is 13.8 Å². The molecule has 0 radical (unpaired) electrons. The van der Waals surface area contributed by atoms with E-state index in [1.54, 1.807) is 30.3 Å². The highest BCUT2D eigenvalue weighted by Gasteiger charge is 2.33. The molecule has 0 unspecified atom stereocenters. The lowest BCUT2D eigenvalue weighted by molar-refractivity contribution is -0.149. The molecule has 18 heavy (non-hydrogen) atoms. The molecule has 0 bridgehead atoms. The molecule has 5 heteroatoms. The van der Waals surface area contributed by atoms with Gasteiger partial charge < -0.3 is 15.5 Å². The zero-order valence-electron chi connectivity index (χ0n) is 10.4. The van der Waals surface area contributed by atoms with Crippen LogP contribution in [0, 0.1) is 5.92 Å². The van der Waals surface area contributed by atoms with Crippen molar-refractivity contribution in [1.29, 1.82) is 0 Å². The van der Waals surface area contributed by atoms with Gasteiger partial charge in [-0.1, -0.05) is 18.2 Å². The van der Waals surface area contributed by atoms with Crippen LogP contribution in [0.2, 0.25) is 0 Å². The van der Waals surface area contributed by atoms with Crippen LogP contribution < -0.4 is 5.32 Å². The molecule has 1 rings (SSSR count). The number of rotatable bonds is 5. The van der Waals surface area contributed by atoms with Crippen LogP contribution in [0.15, 0.2) is 30.3 Å². The Morgan fingerprint density at radius 3 is 2.28 bits per heavy atom. The van der Waals surface area contributed by atoms with Crippen LogP contribution in [0.1, 0.15) is 24.2 Å². The first-order chi connectivity index (χ1) is 8.32. The maximum Gasteiger partial charge on any atom is 0.311 e. The SMILES string of the molecule is CC(C)(O)[C@H](CNC(=O)c1ccccc1)C(=O)O. The molecule has 0 fully saturated rings. The molecule has 1 aromatic carbocycles. The largest absolute Gasteiger partial charge is 0.481 e. The Morgan fingerprint density at radius 1 is 1.28 bits per heavy atom. The number of hydrogen-bond donors (Lipinski definition) is 3. The summed E-state index contributed by atoms with van der Waals surface area (Å²) in [6, 6.07) is 8.50. The third kappa shape index (κ3) is 3.85. The second kappa shape index (κ2) is 5.64. The molecule has 0 aliphatic heterocycles. The summed E-state index contributed by atoms with van der Waals surface area (Å²) in [5.74, 6) is -2.55. The summed E-state index contributed by atoms with van der Waals surface area (Å²) in [6.07, 6.45) is 0. The maximum absolute atomic E-state index is 11.7. The summed E-state index contributed by atoms with van der Waals surface area (Å²) in [7, 11) is 0. The van der Waals surface area contributed by atoms with E-state index < -0.39 is 17.5 Å². The molecule has 0 spiro atoms. The lowest BCUT2D eigenvalue weighted by Crippen LogP contribution is -2.44. The average molecular weight is 251 g/mol. The van der Waals surface area contributed by atoms with Crippen LogP contribution in [-0.2, 0) is 4.79 Å². The van der Waals surface area contributed by atoms with Crippen LogP contribution in [0.25, 0.3) is 0 Å². The Balaban J connectivity index is 2.64. The quantitative estimate of drug-likeness (QED) is 0.725. The summed E-state index contributed by atoms with van der Waals surface area (Å²) < 4.78 is 0. The molecule has 0 heterocycles. The molecule has 0 aliphatic carbocycles. The van der Waals surface area contributed by atoms with Crippen LogP contribution in [-0.4, -0.2) is 34.2 Å². The number of aliphatic hydroxyl groups is 1. The van der Waals surface area contributed by atoms with Gasteiger partial charge in [0.05, 0.1) is 5.60 Å². The fourth-order valence-corrected chi connectivity index (χ4v) is 1.53. The fourth-order valence-electron chi connectivity index (χ4n) is 1.53. The molecule has 98 valence electrons. The number of benzene rings is 1. The van der Waals surface area contributed by atoms with Crippen molar-refractivity contribution in [3.63, 3.8) is 0 Å². The first-order valence-corrected chi connectivity index (χ1v) is 5.61. The first kappa shape index (κ1) is 14.2. The van der Waals surface area contributed by atoms with Crippen LogP contribution in [0.4, 0.5) is 0 Å². The lowest BCUT2D eigenvalue weighted by Gasteiger charge is -2.25. The predicted octanol–water partition coefficient (Wildman–Crippen LogP) is 0.888. The van der Waals surface area contributed by atoms with E-state index in [0.717, 1.165) is 0 Å². The first-order valence-electron chi connectivity index (χ1n) is 5.61. The van der Waals surface area contributed by atoms with Crippen molar-refractivity contribution in [1.82, 2.24) is 5.32 Å². The Kier molecular flexibility index (Phi) is 4.44. The Labute approximate surface area is 105 Å².